The lowest BCUT2D eigenvalue weighted by Gasteiger charge is -2.17. The van der Waals surface area contributed by atoms with E-state index in [2.05, 4.69) is 0 Å². The molecule has 29 heavy (non-hydrogen) atoms. The van der Waals surface area contributed by atoms with Gasteiger partial charge in [-0.15, -0.1) is 11.8 Å². The number of hydrogen-bond donors (Lipinski definition) is 0. The second kappa shape index (κ2) is 11.2. The Labute approximate surface area is 175 Å². The van der Waals surface area contributed by atoms with Crippen molar-refractivity contribution in [1.29, 1.82) is 0 Å². The number of hydrogen-bond acceptors (Lipinski definition) is 6. The molecule has 0 aliphatic rings. The Bertz CT molecular complexity index is 864. The number of nitrogens with zero attached hydrogens (tertiary/aromatic N) is 1. The van der Waals surface area contributed by atoms with Gasteiger partial charge in [-0.05, 0) is 47.7 Å². The molecular weight excluding hydrogens is 390 g/mol. The number of benzene rings is 2. The number of rotatable bonds is 9. The van der Waals surface area contributed by atoms with Crippen LogP contribution >= 0.6 is 11.8 Å². The zero-order chi connectivity index (χ0) is 21.2. The minimum absolute atomic E-state index is 0.271. The summed E-state index contributed by atoms with van der Waals surface area (Å²) in [6.07, 6.45) is 4.88. The fraction of sp³-hybridized carbons (Fsp3) is 0.273. The maximum absolute atomic E-state index is 12.2. The number of thioether (sulfide) groups is 1. The summed E-state index contributed by atoms with van der Waals surface area (Å²) in [6, 6.07) is 13.2. The monoisotopic (exact) mass is 415 g/mol. The Morgan fingerprint density at radius 2 is 1.72 bits per heavy atom. The van der Waals surface area contributed by atoms with Crippen LogP contribution in [0.15, 0.2) is 53.4 Å². The van der Waals surface area contributed by atoms with E-state index in [0.717, 1.165) is 16.0 Å². The molecule has 0 saturated carbocycles. The van der Waals surface area contributed by atoms with Crippen LogP contribution in [0.1, 0.15) is 11.1 Å². The van der Waals surface area contributed by atoms with Gasteiger partial charge in [0.25, 0.3) is 5.91 Å². The molecule has 0 heterocycles. The Morgan fingerprint density at radius 1 is 1.03 bits per heavy atom. The molecule has 0 atom stereocenters. The summed E-state index contributed by atoms with van der Waals surface area (Å²) < 4.78 is 15.4. The maximum atomic E-state index is 12.2. The van der Waals surface area contributed by atoms with Crippen LogP contribution in [0.3, 0.4) is 0 Å². The molecule has 0 bridgehead atoms. The summed E-state index contributed by atoms with van der Waals surface area (Å²) in [5.74, 6) is 0.298. The van der Waals surface area contributed by atoms with Crippen molar-refractivity contribution in [2.45, 2.75) is 11.4 Å². The first-order chi connectivity index (χ1) is 14.0. The quantitative estimate of drug-likeness (QED) is 0.354. The molecule has 0 radical (unpaired) electrons. The predicted molar refractivity (Wildman–Crippen MR) is 114 cm³/mol. The van der Waals surface area contributed by atoms with Crippen molar-refractivity contribution in [2.24, 2.45) is 0 Å². The topological polar surface area (TPSA) is 65.1 Å². The van der Waals surface area contributed by atoms with Crippen molar-refractivity contribution >= 4 is 29.7 Å². The van der Waals surface area contributed by atoms with Gasteiger partial charge in [0.2, 0.25) is 0 Å². The average Bonchev–Trinajstić information content (AvgIpc) is 2.76. The fourth-order valence-electron chi connectivity index (χ4n) is 2.50. The van der Waals surface area contributed by atoms with Gasteiger partial charge in [0.1, 0.15) is 0 Å². The van der Waals surface area contributed by atoms with E-state index in [-0.39, 0.29) is 12.5 Å². The Kier molecular flexibility index (Phi) is 8.61. The average molecular weight is 416 g/mol. The Balaban J connectivity index is 1.84. The highest BCUT2D eigenvalue weighted by Crippen LogP contribution is 2.27. The molecule has 0 aromatic heterocycles. The highest BCUT2D eigenvalue weighted by Gasteiger charge is 2.11. The second-order valence-electron chi connectivity index (χ2n) is 6.15. The van der Waals surface area contributed by atoms with Crippen molar-refractivity contribution in [3.8, 4) is 11.5 Å². The molecule has 2 aromatic rings. The van der Waals surface area contributed by atoms with Crippen molar-refractivity contribution in [1.82, 2.24) is 4.90 Å². The largest absolute Gasteiger partial charge is 0.493 e. The van der Waals surface area contributed by atoms with E-state index < -0.39 is 5.97 Å². The maximum Gasteiger partial charge on any atom is 0.331 e. The van der Waals surface area contributed by atoms with Gasteiger partial charge in [0.15, 0.2) is 18.1 Å². The van der Waals surface area contributed by atoms with Gasteiger partial charge in [0, 0.05) is 24.6 Å². The van der Waals surface area contributed by atoms with Crippen LogP contribution in [0, 0.1) is 0 Å². The van der Waals surface area contributed by atoms with Gasteiger partial charge < -0.3 is 19.1 Å². The van der Waals surface area contributed by atoms with Crippen LogP contribution in [0.2, 0.25) is 0 Å². The minimum Gasteiger partial charge on any atom is -0.493 e. The molecule has 154 valence electrons. The van der Waals surface area contributed by atoms with Gasteiger partial charge in [-0.2, -0.15) is 0 Å². The molecule has 2 aromatic carbocycles. The van der Waals surface area contributed by atoms with E-state index in [1.807, 2.05) is 30.5 Å². The van der Waals surface area contributed by atoms with Gasteiger partial charge in [0.05, 0.1) is 14.2 Å². The Hall–Kier alpha value is -2.93. The van der Waals surface area contributed by atoms with Crippen LogP contribution in [0.25, 0.3) is 6.08 Å². The molecule has 0 unspecified atom stereocenters. The molecule has 0 saturated heterocycles. The van der Waals surface area contributed by atoms with Crippen molar-refractivity contribution in [3.63, 3.8) is 0 Å². The third-order valence-electron chi connectivity index (χ3n) is 4.16. The molecule has 0 N–H and O–H groups in total. The van der Waals surface area contributed by atoms with Gasteiger partial charge in [-0.3, -0.25) is 4.79 Å². The number of ether oxygens (including phenoxy) is 3. The van der Waals surface area contributed by atoms with Crippen LogP contribution in [0.4, 0.5) is 0 Å². The summed E-state index contributed by atoms with van der Waals surface area (Å²) in [6.45, 7) is 0.140. The summed E-state index contributed by atoms with van der Waals surface area (Å²) in [5.41, 5.74) is 1.76. The van der Waals surface area contributed by atoms with Gasteiger partial charge in [-0.1, -0.05) is 18.2 Å². The molecule has 0 spiro atoms. The fourth-order valence-corrected chi connectivity index (χ4v) is 2.91. The Morgan fingerprint density at radius 3 is 2.34 bits per heavy atom. The highest BCUT2D eigenvalue weighted by atomic mass is 32.2. The minimum atomic E-state index is -0.592. The SMILES string of the molecule is COc1ccc(/C=C/C(=O)OCC(=O)N(C)Cc2ccc(SC)cc2)cc1OC. The van der Waals surface area contributed by atoms with Gasteiger partial charge in [-0.25, -0.2) is 4.79 Å². The van der Waals surface area contributed by atoms with E-state index in [1.54, 1.807) is 57.3 Å². The molecule has 6 nitrogen and oxygen atoms in total. The normalized spacial score (nSPS) is 10.6. The third-order valence-corrected chi connectivity index (χ3v) is 4.91. The van der Waals surface area contributed by atoms with E-state index >= 15 is 0 Å². The smallest absolute Gasteiger partial charge is 0.331 e. The summed E-state index contributed by atoms with van der Waals surface area (Å²) in [4.78, 5) is 26.8. The van der Waals surface area contributed by atoms with Crippen molar-refractivity contribution in [2.75, 3.05) is 34.1 Å². The van der Waals surface area contributed by atoms with Crippen molar-refractivity contribution in [3.05, 3.63) is 59.7 Å². The number of carbonyl (C=O) groups is 2. The zero-order valence-corrected chi connectivity index (χ0v) is 17.8. The van der Waals surface area contributed by atoms with Gasteiger partial charge >= 0.3 is 5.97 Å². The highest BCUT2D eigenvalue weighted by molar-refractivity contribution is 7.98. The van der Waals surface area contributed by atoms with E-state index in [0.29, 0.717) is 18.0 Å². The summed E-state index contributed by atoms with van der Waals surface area (Å²) in [7, 11) is 4.77. The third kappa shape index (κ3) is 6.87. The molecule has 0 aliphatic heterocycles. The van der Waals surface area contributed by atoms with Crippen LogP contribution in [-0.4, -0.2) is 50.9 Å². The summed E-state index contributed by atoms with van der Waals surface area (Å²) >= 11 is 1.66. The molecule has 1 amide bonds. The lowest BCUT2D eigenvalue weighted by Crippen LogP contribution is -2.30. The summed E-state index contributed by atoms with van der Waals surface area (Å²) in [5, 5.41) is 0. The second-order valence-corrected chi connectivity index (χ2v) is 7.03. The standard InChI is InChI=1S/C22H25NO5S/c1-23(14-17-5-9-18(29-4)10-6-17)21(24)15-28-22(25)12-8-16-7-11-19(26-2)20(13-16)27-3/h5-13H,14-15H2,1-4H3/b12-8+. The van der Waals surface area contributed by atoms with E-state index in [9.17, 15) is 9.59 Å². The van der Waals surface area contributed by atoms with E-state index in [1.165, 1.54) is 11.0 Å². The number of amides is 1. The lowest BCUT2D eigenvalue weighted by molar-refractivity contribution is -0.147. The number of methoxy groups -OCH3 is 2. The number of likely N-dealkylation sites (N-methyl/N-ethyl adjacent to an activating group) is 1. The predicted octanol–water partition coefficient (Wildman–Crippen LogP) is 3.64. The molecule has 2 rings (SSSR count). The first-order valence-electron chi connectivity index (χ1n) is 8.90. The zero-order valence-electron chi connectivity index (χ0n) is 17.0. The molecule has 0 fully saturated rings. The molecule has 0 aliphatic carbocycles. The molecular formula is C22H25NO5S. The van der Waals surface area contributed by atoms with Crippen LogP contribution in [0.5, 0.6) is 11.5 Å². The van der Waals surface area contributed by atoms with Crippen LogP contribution in [-0.2, 0) is 20.9 Å². The number of esters is 1. The van der Waals surface area contributed by atoms with Crippen molar-refractivity contribution < 1.29 is 23.8 Å². The molecule has 7 heteroatoms. The first-order valence-corrected chi connectivity index (χ1v) is 10.1. The van der Waals surface area contributed by atoms with E-state index in [4.69, 9.17) is 14.2 Å². The first kappa shape index (κ1) is 22.4. The van der Waals surface area contributed by atoms with Crippen LogP contribution < -0.4 is 9.47 Å². The number of carbonyl (C=O) groups excluding carboxylic acids is 2. The lowest BCUT2D eigenvalue weighted by atomic mass is 10.2.